The summed E-state index contributed by atoms with van der Waals surface area (Å²) < 4.78 is 22.3. The van der Waals surface area contributed by atoms with Crippen LogP contribution in [-0.4, -0.2) is 197 Å². The molecule has 2 fully saturated rings. The second-order valence-corrected chi connectivity index (χ2v) is 24.8. The molecule has 0 spiro atoms. The summed E-state index contributed by atoms with van der Waals surface area (Å²) in [4.78, 5) is 151. The Labute approximate surface area is 527 Å². The van der Waals surface area contributed by atoms with Crippen molar-refractivity contribution in [2.45, 2.75) is 154 Å². The Balaban J connectivity index is 1.21. The van der Waals surface area contributed by atoms with Crippen LogP contribution in [0.25, 0.3) is 0 Å². The SMILES string of the molecule is CC[C@H](C)[C@H](NC(=O)[C@H]1CCCCN1C)C(=O)N(C)[C@H](C[C@@H](OC(C)=O)c1nc(C(=O)N(C)[C@@H](Cc2ccc(OP=O)cc2)C(=O)N[C@H](CCCCN)C(=O)N[C@@H](Cc2ccccc2)C(=O)N2CCN(C(=O)CCCN3C(=O)C=CC3=O)CC2)cs1)C(C)C. The zero-order chi connectivity index (χ0) is 64.9. The third-order valence-corrected chi connectivity index (χ3v) is 18.1. The van der Waals surface area contributed by atoms with Gasteiger partial charge in [0.2, 0.25) is 35.4 Å². The van der Waals surface area contributed by atoms with Gasteiger partial charge in [0.15, 0.2) is 6.10 Å². The number of aromatic nitrogens is 1. The summed E-state index contributed by atoms with van der Waals surface area (Å²) in [5, 5.41) is 10.7. The highest BCUT2D eigenvalue weighted by Crippen LogP contribution is 2.32. The van der Waals surface area contributed by atoms with Crippen molar-refractivity contribution in [1.82, 2.24) is 50.3 Å². The number of piperidine rings is 1. The van der Waals surface area contributed by atoms with Crippen LogP contribution in [0.5, 0.6) is 5.75 Å². The quantitative estimate of drug-likeness (QED) is 0.0287. The number of nitrogens with two attached hydrogens (primary N) is 1. The molecule has 4 heterocycles. The van der Waals surface area contributed by atoms with Crippen molar-refractivity contribution in [2.24, 2.45) is 17.6 Å². The van der Waals surface area contributed by atoms with Crippen molar-refractivity contribution in [3.63, 3.8) is 0 Å². The molecule has 0 bridgehead atoms. The van der Waals surface area contributed by atoms with Crippen molar-refractivity contribution in [3.8, 4) is 5.75 Å². The number of unbranched alkanes of at least 4 members (excludes halogenated alkanes) is 1. The zero-order valence-electron chi connectivity index (χ0n) is 52.4. The van der Waals surface area contributed by atoms with E-state index in [0.29, 0.717) is 37.8 Å². The number of ether oxygens (including phenoxy) is 1. The fraction of sp³-hybridized carbons (Fsp3) is 0.571. The number of carbonyl (C=O) groups excluding carboxylic acids is 10. The molecule has 6 rings (SSSR count). The van der Waals surface area contributed by atoms with E-state index in [9.17, 15) is 52.5 Å². The molecule has 1 aromatic heterocycles. The Morgan fingerprint density at radius 3 is 2.07 bits per heavy atom. The number of piperazine rings is 1. The van der Waals surface area contributed by atoms with Crippen LogP contribution in [0.2, 0.25) is 0 Å². The molecule has 89 heavy (non-hydrogen) atoms. The minimum atomic E-state index is -1.29. The first-order chi connectivity index (χ1) is 42.5. The number of imide groups is 1. The predicted octanol–water partition coefficient (Wildman–Crippen LogP) is 4.62. The first kappa shape index (κ1) is 70.6. The Morgan fingerprint density at radius 2 is 1.45 bits per heavy atom. The van der Waals surface area contributed by atoms with E-state index in [2.05, 4.69) is 16.0 Å². The highest BCUT2D eigenvalue weighted by atomic mass is 32.1. The Morgan fingerprint density at radius 1 is 0.798 bits per heavy atom. The van der Waals surface area contributed by atoms with E-state index in [1.165, 1.54) is 36.4 Å². The Hall–Kier alpha value is -7.47. The van der Waals surface area contributed by atoms with Gasteiger partial charge in [0.1, 0.15) is 40.6 Å². The molecule has 24 nitrogen and oxygen atoms in total. The van der Waals surface area contributed by atoms with Crippen LogP contribution in [0.4, 0.5) is 0 Å². The molecule has 2 aromatic carbocycles. The number of thiazole rings is 1. The summed E-state index contributed by atoms with van der Waals surface area (Å²) in [5.74, 6) is -4.69. The van der Waals surface area contributed by atoms with Crippen molar-refractivity contribution in [2.75, 3.05) is 67.0 Å². The van der Waals surface area contributed by atoms with Gasteiger partial charge < -0.3 is 50.5 Å². The molecular formula is C63H88N11O13PS. The van der Waals surface area contributed by atoms with Gasteiger partial charge in [0.25, 0.3) is 17.7 Å². The number of nitrogens with one attached hydrogen (secondary N) is 3. The highest BCUT2D eigenvalue weighted by molar-refractivity contribution is 7.17. The summed E-state index contributed by atoms with van der Waals surface area (Å²) in [6, 6.07) is 10.2. The lowest BCUT2D eigenvalue weighted by Gasteiger charge is -2.38. The summed E-state index contributed by atoms with van der Waals surface area (Å²) in [5.41, 5.74) is 7.15. The molecule has 0 aliphatic carbocycles. The number of esters is 1. The Bertz CT molecular complexity index is 2960. The number of rotatable bonds is 32. The predicted molar refractivity (Wildman–Crippen MR) is 334 cm³/mol. The minimum Gasteiger partial charge on any atom is -0.455 e. The second-order valence-electron chi connectivity index (χ2n) is 23.5. The van der Waals surface area contributed by atoms with Gasteiger partial charge in [0, 0.05) is 103 Å². The van der Waals surface area contributed by atoms with E-state index >= 15 is 0 Å². The van der Waals surface area contributed by atoms with Crippen LogP contribution in [0.15, 0.2) is 72.1 Å². The van der Waals surface area contributed by atoms with E-state index in [-0.39, 0.29) is 123 Å². The van der Waals surface area contributed by atoms with Crippen LogP contribution in [0.3, 0.4) is 0 Å². The van der Waals surface area contributed by atoms with E-state index < -0.39 is 86.4 Å². The van der Waals surface area contributed by atoms with Crippen molar-refractivity contribution in [3.05, 3.63) is 94.0 Å². The lowest BCUT2D eigenvalue weighted by Crippen LogP contribution is -2.59. The van der Waals surface area contributed by atoms with Gasteiger partial charge in [-0.25, -0.2) is 9.55 Å². The number of amides is 9. The van der Waals surface area contributed by atoms with Gasteiger partial charge in [-0.1, -0.05) is 83.0 Å². The summed E-state index contributed by atoms with van der Waals surface area (Å²) in [6.07, 6.45) is 6.09. The van der Waals surface area contributed by atoms with E-state index in [4.69, 9.17) is 20.0 Å². The average molecular weight is 1270 g/mol. The standard InChI is InChI=1S/C63H88N11O13PS/c1-9-41(4)56(68-58(80)49-21-14-16-30-69(49)6)63(84)70(7)50(40(2)3)38-52(86-42(5)75)60-67-48(39-89-60)61(82)71(8)51(37-44-23-25-45(26-24-44)87-88-85)59(81)65-46(20-13-15-29-64)57(79)66-47(36-43-18-11-10-12-19-43)62(83)73-34-32-72(33-35-73)53(76)22-17-31-74-54(77)27-28-55(74)78/h10-12,18-19,23-28,39-41,46-47,49-52,56H,9,13-17,20-22,29-38,64H2,1-8H3,(H,65,81)(H,66,79)(H,68,80)/t41-,46+,47-,49+,50+,51-,52+,56-/m0/s1. The van der Waals surface area contributed by atoms with Crippen LogP contribution in [0, 0.1) is 11.8 Å². The van der Waals surface area contributed by atoms with Crippen LogP contribution in [-0.2, 0) is 65.3 Å². The molecule has 26 heteroatoms. The fourth-order valence-corrected chi connectivity index (χ4v) is 12.4. The molecule has 0 radical (unpaired) electrons. The number of nitrogens with zero attached hydrogens (tertiary/aromatic N) is 7. The molecule has 3 aliphatic rings. The lowest BCUT2D eigenvalue weighted by molar-refractivity contribution is -0.149. The molecule has 0 saturated carbocycles. The smallest absolute Gasteiger partial charge is 0.395 e. The minimum absolute atomic E-state index is 0.0752. The van der Waals surface area contributed by atoms with Gasteiger partial charge in [-0.05, 0) is 93.8 Å². The fourth-order valence-electron chi connectivity index (χ4n) is 11.4. The maximum Gasteiger partial charge on any atom is 0.395 e. The second kappa shape index (κ2) is 34.5. The van der Waals surface area contributed by atoms with Crippen LogP contribution in [0.1, 0.15) is 132 Å². The average Bonchev–Trinajstić information content (AvgIpc) is 2.64. The largest absolute Gasteiger partial charge is 0.455 e. The summed E-state index contributed by atoms with van der Waals surface area (Å²) in [7, 11) is 4.44. The molecule has 3 aromatic rings. The normalized spacial score (nSPS) is 17.7. The number of benzene rings is 2. The highest BCUT2D eigenvalue weighted by Gasteiger charge is 2.40. The van der Waals surface area contributed by atoms with Crippen molar-refractivity contribution < 1.29 is 61.8 Å². The van der Waals surface area contributed by atoms with Gasteiger partial charge in [-0.15, -0.1) is 11.3 Å². The zero-order valence-corrected chi connectivity index (χ0v) is 54.1. The molecule has 2 saturated heterocycles. The molecule has 9 amide bonds. The molecule has 3 aliphatic heterocycles. The monoisotopic (exact) mass is 1270 g/mol. The maximum absolute atomic E-state index is 15.0. The first-order valence-electron chi connectivity index (χ1n) is 30.8. The third kappa shape index (κ3) is 20.0. The lowest BCUT2D eigenvalue weighted by atomic mass is 9.92. The summed E-state index contributed by atoms with van der Waals surface area (Å²) in [6.45, 7) is 11.0. The number of hydrogen-bond donors (Lipinski definition) is 4. The topological polar surface area (TPSA) is 301 Å². The van der Waals surface area contributed by atoms with Crippen molar-refractivity contribution in [1.29, 1.82) is 0 Å². The van der Waals surface area contributed by atoms with Crippen LogP contribution < -0.4 is 26.2 Å². The number of carbonyl (C=O) groups is 10. The van der Waals surface area contributed by atoms with E-state index in [1.807, 2.05) is 70.0 Å². The number of likely N-dealkylation sites (tertiary alicyclic amines) is 1. The van der Waals surface area contributed by atoms with Gasteiger partial charge in [-0.3, -0.25) is 57.7 Å². The molecule has 0 unspecified atom stereocenters. The first-order valence-corrected chi connectivity index (χ1v) is 32.4. The number of hydrogen-bond acceptors (Lipinski definition) is 17. The molecule has 484 valence electrons. The molecule has 8 atom stereocenters. The van der Waals surface area contributed by atoms with E-state index in [1.54, 1.807) is 46.0 Å². The van der Waals surface area contributed by atoms with Gasteiger partial charge >= 0.3 is 14.7 Å². The third-order valence-electron chi connectivity index (χ3n) is 16.9. The molecular weight excluding hydrogens is 1180 g/mol. The Kier molecular flexibility index (Phi) is 27.4. The van der Waals surface area contributed by atoms with Crippen LogP contribution >= 0.6 is 20.0 Å². The van der Waals surface area contributed by atoms with Gasteiger partial charge in [0.05, 0.1) is 6.04 Å². The number of likely N-dealkylation sites (N-methyl/N-ethyl adjacent to an activating group) is 3. The van der Waals surface area contributed by atoms with Crippen molar-refractivity contribution >= 4 is 79.2 Å². The van der Waals surface area contributed by atoms with E-state index in [0.717, 1.165) is 41.2 Å². The maximum atomic E-state index is 15.0. The summed E-state index contributed by atoms with van der Waals surface area (Å²) >= 11 is 1.07. The molecule has 5 N–H and O–H groups in total. The van der Waals surface area contributed by atoms with Gasteiger partial charge in [-0.2, -0.15) is 0 Å².